The Kier molecular flexibility index (Phi) is 5.79. The van der Waals surface area contributed by atoms with Crippen molar-refractivity contribution in [1.29, 1.82) is 0 Å². The Labute approximate surface area is 122 Å². The molecular weight excluding hydrogens is 287 g/mol. The Hall–Kier alpha value is -1.10. The first kappa shape index (κ1) is 16.0. The van der Waals surface area contributed by atoms with Gasteiger partial charge in [-0.3, -0.25) is 14.5 Å². The second kappa shape index (κ2) is 6.89. The van der Waals surface area contributed by atoms with Crippen molar-refractivity contribution in [2.24, 2.45) is 5.73 Å². The van der Waals surface area contributed by atoms with E-state index in [0.717, 1.165) is 0 Å². The summed E-state index contributed by atoms with van der Waals surface area (Å²) in [4.78, 5) is 24.8. The molecule has 0 aromatic heterocycles. The average molecular weight is 303 g/mol. The molecule has 0 saturated carbocycles. The minimum Gasteiger partial charge on any atom is -0.369 e. The van der Waals surface area contributed by atoms with E-state index in [-0.39, 0.29) is 24.9 Å². The van der Waals surface area contributed by atoms with Crippen LogP contribution in [-0.4, -0.2) is 35.7 Å². The summed E-state index contributed by atoms with van der Waals surface area (Å²) in [6.07, 6.45) is 0. The Morgan fingerprint density at radius 1 is 1.26 bits per heavy atom. The minimum atomic E-state index is -0.469. The first-order valence-corrected chi connectivity index (χ1v) is 6.57. The first-order valence-electron chi connectivity index (χ1n) is 5.82. The number of hydrogen-bond acceptors (Lipinski definition) is 3. The summed E-state index contributed by atoms with van der Waals surface area (Å²) in [5.41, 5.74) is 5.55. The molecule has 0 aliphatic heterocycles. The molecule has 0 unspecified atom stereocenters. The van der Waals surface area contributed by atoms with E-state index >= 15 is 0 Å². The third-order valence-corrected chi connectivity index (χ3v) is 3.22. The molecule has 0 bridgehead atoms. The van der Waals surface area contributed by atoms with Crippen molar-refractivity contribution in [2.75, 3.05) is 13.1 Å². The lowest BCUT2D eigenvalue weighted by atomic mass is 10.1. The highest BCUT2D eigenvalue weighted by atomic mass is 35.5. The zero-order chi connectivity index (χ0) is 14.6. The van der Waals surface area contributed by atoms with Gasteiger partial charge >= 0.3 is 0 Å². The summed E-state index contributed by atoms with van der Waals surface area (Å²) in [7, 11) is 0. The van der Waals surface area contributed by atoms with Crippen molar-refractivity contribution in [3.05, 3.63) is 33.8 Å². The molecule has 0 aliphatic rings. The topological polar surface area (TPSA) is 63.4 Å². The van der Waals surface area contributed by atoms with Gasteiger partial charge in [-0.05, 0) is 32.0 Å². The molecule has 0 atom stereocenters. The number of carbonyl (C=O) groups excluding carboxylic acids is 2. The molecule has 2 N–H and O–H groups in total. The zero-order valence-corrected chi connectivity index (χ0v) is 12.3. The zero-order valence-electron chi connectivity index (χ0n) is 10.8. The lowest BCUT2D eigenvalue weighted by molar-refractivity contribution is -0.119. The van der Waals surface area contributed by atoms with Gasteiger partial charge in [-0.25, -0.2) is 0 Å². The van der Waals surface area contributed by atoms with E-state index in [1.807, 2.05) is 13.8 Å². The van der Waals surface area contributed by atoms with E-state index in [0.29, 0.717) is 15.6 Å². The van der Waals surface area contributed by atoms with Gasteiger partial charge in [-0.1, -0.05) is 23.2 Å². The van der Waals surface area contributed by atoms with Gasteiger partial charge in [0.2, 0.25) is 5.91 Å². The van der Waals surface area contributed by atoms with Crippen LogP contribution in [0, 0.1) is 0 Å². The van der Waals surface area contributed by atoms with E-state index in [4.69, 9.17) is 28.9 Å². The molecule has 0 radical (unpaired) electrons. The van der Waals surface area contributed by atoms with Crippen molar-refractivity contribution in [3.63, 3.8) is 0 Å². The van der Waals surface area contributed by atoms with Gasteiger partial charge in [0.05, 0.1) is 18.1 Å². The Morgan fingerprint density at radius 3 is 2.37 bits per heavy atom. The fraction of sp³-hybridized carbons (Fsp3) is 0.385. The van der Waals surface area contributed by atoms with Gasteiger partial charge in [0.15, 0.2) is 5.78 Å². The standard InChI is InChI=1S/C13H16Cl2N2O2/c1-8(2)17(7-13(16)19)6-12(18)10-4-3-9(14)5-11(10)15/h3-5,8H,6-7H2,1-2H3,(H2,16,19). The SMILES string of the molecule is CC(C)N(CC(N)=O)CC(=O)c1ccc(Cl)cc1Cl. The van der Waals surface area contributed by atoms with Crippen molar-refractivity contribution in [3.8, 4) is 0 Å². The van der Waals surface area contributed by atoms with Crippen LogP contribution in [0.15, 0.2) is 18.2 Å². The number of nitrogens with zero attached hydrogens (tertiary/aromatic N) is 1. The van der Waals surface area contributed by atoms with Crippen LogP contribution in [0.5, 0.6) is 0 Å². The average Bonchev–Trinajstić information content (AvgIpc) is 2.26. The Bertz CT molecular complexity index is 490. The molecule has 4 nitrogen and oxygen atoms in total. The van der Waals surface area contributed by atoms with Gasteiger partial charge in [0.1, 0.15) is 0 Å². The number of nitrogens with two attached hydrogens (primary N) is 1. The number of benzene rings is 1. The summed E-state index contributed by atoms with van der Waals surface area (Å²) >= 11 is 11.8. The van der Waals surface area contributed by atoms with Crippen LogP contribution in [-0.2, 0) is 4.79 Å². The lowest BCUT2D eigenvalue weighted by Crippen LogP contribution is -2.41. The Balaban J connectivity index is 2.84. The molecule has 0 heterocycles. The molecule has 1 rings (SSSR count). The molecule has 1 amide bonds. The highest BCUT2D eigenvalue weighted by molar-refractivity contribution is 6.36. The Morgan fingerprint density at radius 2 is 1.89 bits per heavy atom. The number of amides is 1. The van der Waals surface area contributed by atoms with Crippen molar-refractivity contribution >= 4 is 34.9 Å². The second-order valence-electron chi connectivity index (χ2n) is 4.51. The molecule has 19 heavy (non-hydrogen) atoms. The minimum absolute atomic E-state index is 0.0301. The molecule has 0 spiro atoms. The number of ketones is 1. The maximum Gasteiger partial charge on any atom is 0.231 e. The molecule has 1 aromatic rings. The van der Waals surface area contributed by atoms with E-state index in [1.165, 1.54) is 6.07 Å². The second-order valence-corrected chi connectivity index (χ2v) is 5.36. The van der Waals surface area contributed by atoms with Crippen LogP contribution < -0.4 is 5.73 Å². The predicted octanol–water partition coefficient (Wildman–Crippen LogP) is 2.37. The summed E-state index contributed by atoms with van der Waals surface area (Å²) in [5.74, 6) is -0.639. The molecule has 6 heteroatoms. The van der Waals surface area contributed by atoms with Crippen LogP contribution in [0.1, 0.15) is 24.2 Å². The number of Topliss-reactive ketones (excluding diaryl/α,β-unsaturated/α-hetero) is 1. The van der Waals surface area contributed by atoms with Gasteiger partial charge < -0.3 is 5.73 Å². The van der Waals surface area contributed by atoms with E-state index in [9.17, 15) is 9.59 Å². The van der Waals surface area contributed by atoms with Crippen molar-refractivity contribution in [1.82, 2.24) is 4.90 Å². The van der Waals surface area contributed by atoms with Gasteiger partial charge in [0, 0.05) is 16.6 Å². The van der Waals surface area contributed by atoms with Gasteiger partial charge in [-0.15, -0.1) is 0 Å². The number of halogens is 2. The normalized spacial score (nSPS) is 11.1. The third kappa shape index (κ3) is 4.82. The fourth-order valence-corrected chi connectivity index (χ4v) is 2.12. The summed E-state index contributed by atoms with van der Waals surface area (Å²) in [6, 6.07) is 4.73. The first-order chi connectivity index (χ1) is 8.81. The van der Waals surface area contributed by atoms with E-state index in [1.54, 1.807) is 17.0 Å². The quantitative estimate of drug-likeness (QED) is 0.821. The number of rotatable bonds is 6. The van der Waals surface area contributed by atoms with Crippen molar-refractivity contribution < 1.29 is 9.59 Å². The van der Waals surface area contributed by atoms with Crippen LogP contribution in [0.4, 0.5) is 0 Å². The fourth-order valence-electron chi connectivity index (χ4n) is 1.61. The summed E-state index contributed by atoms with van der Waals surface area (Å²) in [6.45, 7) is 3.90. The molecule has 104 valence electrons. The lowest BCUT2D eigenvalue weighted by Gasteiger charge is -2.24. The van der Waals surface area contributed by atoms with Gasteiger partial charge in [0.25, 0.3) is 0 Å². The van der Waals surface area contributed by atoms with Gasteiger partial charge in [-0.2, -0.15) is 0 Å². The predicted molar refractivity (Wildman–Crippen MR) is 76.7 cm³/mol. The smallest absolute Gasteiger partial charge is 0.231 e. The third-order valence-electron chi connectivity index (χ3n) is 2.67. The summed E-state index contributed by atoms with van der Waals surface area (Å²) in [5, 5.41) is 0.777. The largest absolute Gasteiger partial charge is 0.369 e. The maximum atomic E-state index is 12.2. The molecular formula is C13H16Cl2N2O2. The van der Waals surface area contributed by atoms with E-state index < -0.39 is 5.91 Å². The molecule has 0 aliphatic carbocycles. The molecule has 0 fully saturated rings. The molecule has 1 aromatic carbocycles. The number of primary amides is 1. The highest BCUT2D eigenvalue weighted by Crippen LogP contribution is 2.21. The van der Waals surface area contributed by atoms with Crippen molar-refractivity contribution in [2.45, 2.75) is 19.9 Å². The maximum absolute atomic E-state index is 12.2. The van der Waals surface area contributed by atoms with Crippen LogP contribution in [0.2, 0.25) is 10.0 Å². The highest BCUT2D eigenvalue weighted by Gasteiger charge is 2.18. The number of carbonyl (C=O) groups is 2. The number of hydrogen-bond donors (Lipinski definition) is 1. The monoisotopic (exact) mass is 302 g/mol. The van der Waals surface area contributed by atoms with E-state index in [2.05, 4.69) is 0 Å². The van der Waals surface area contributed by atoms with Crippen LogP contribution in [0.25, 0.3) is 0 Å². The summed E-state index contributed by atoms with van der Waals surface area (Å²) < 4.78 is 0. The molecule has 0 saturated heterocycles. The van der Waals surface area contributed by atoms with Crippen LogP contribution in [0.3, 0.4) is 0 Å². The van der Waals surface area contributed by atoms with Crippen LogP contribution >= 0.6 is 23.2 Å².